The molecule has 1 fully saturated rings. The summed E-state index contributed by atoms with van der Waals surface area (Å²) >= 11 is 6.31. The van der Waals surface area contributed by atoms with Crippen molar-refractivity contribution in [1.29, 1.82) is 0 Å². The Balaban J connectivity index is 2.37. The van der Waals surface area contributed by atoms with Crippen molar-refractivity contribution in [2.75, 3.05) is 50.5 Å². The van der Waals surface area contributed by atoms with Crippen molar-refractivity contribution >= 4 is 28.9 Å². The van der Waals surface area contributed by atoms with Crippen LogP contribution in [0.3, 0.4) is 0 Å². The molecule has 0 aliphatic carbocycles. The van der Waals surface area contributed by atoms with Crippen LogP contribution in [-0.4, -0.2) is 50.7 Å². The molecule has 1 saturated heterocycles. The highest BCUT2D eigenvalue weighted by atomic mass is 35.5. The molecule has 6 heteroatoms. The molecule has 0 amide bonds. The van der Waals surface area contributed by atoms with Crippen LogP contribution in [0.2, 0.25) is 5.02 Å². The lowest BCUT2D eigenvalue weighted by Gasteiger charge is -2.35. The van der Waals surface area contributed by atoms with E-state index in [0.29, 0.717) is 22.9 Å². The zero-order valence-corrected chi connectivity index (χ0v) is 12.6. The third-order valence-electron chi connectivity index (χ3n) is 3.40. The molecule has 110 valence electrons. The number of esters is 1. The SMILES string of the molecule is CCOC(=O)c1cc(N)cc(Cl)c1N1CCN(C)CC1. The number of benzene rings is 1. The number of piperazine rings is 1. The monoisotopic (exact) mass is 297 g/mol. The van der Waals surface area contributed by atoms with Gasteiger partial charge in [-0.25, -0.2) is 4.79 Å². The molecule has 2 N–H and O–H groups in total. The molecule has 1 aromatic carbocycles. The molecule has 1 aromatic rings. The van der Waals surface area contributed by atoms with Crippen LogP contribution in [0.15, 0.2) is 12.1 Å². The molecule has 0 atom stereocenters. The first-order chi connectivity index (χ1) is 9.52. The van der Waals surface area contributed by atoms with Crippen LogP contribution in [0.25, 0.3) is 0 Å². The summed E-state index contributed by atoms with van der Waals surface area (Å²) in [6, 6.07) is 3.31. The number of nitrogen functional groups attached to an aromatic ring is 1. The van der Waals surface area contributed by atoms with Crippen molar-refractivity contribution in [2.24, 2.45) is 0 Å². The normalized spacial score (nSPS) is 16.2. The second-order valence-electron chi connectivity index (χ2n) is 4.91. The van der Waals surface area contributed by atoms with E-state index in [9.17, 15) is 4.79 Å². The lowest BCUT2D eigenvalue weighted by Crippen LogP contribution is -2.45. The number of nitrogens with two attached hydrogens (primary N) is 1. The predicted octanol–water partition coefficient (Wildman–Crippen LogP) is 1.85. The first-order valence-electron chi connectivity index (χ1n) is 6.72. The van der Waals surface area contributed by atoms with Gasteiger partial charge in [0, 0.05) is 31.9 Å². The van der Waals surface area contributed by atoms with Gasteiger partial charge in [0.1, 0.15) is 0 Å². The van der Waals surface area contributed by atoms with Crippen LogP contribution in [0.1, 0.15) is 17.3 Å². The van der Waals surface area contributed by atoms with Gasteiger partial charge in [-0.05, 0) is 26.1 Å². The Bertz CT molecular complexity index is 499. The average molecular weight is 298 g/mol. The van der Waals surface area contributed by atoms with Crippen molar-refractivity contribution in [1.82, 2.24) is 4.90 Å². The smallest absolute Gasteiger partial charge is 0.340 e. The van der Waals surface area contributed by atoms with Crippen LogP contribution in [0.4, 0.5) is 11.4 Å². The Morgan fingerprint density at radius 2 is 2.00 bits per heavy atom. The molecule has 1 aliphatic rings. The number of nitrogens with zero attached hydrogens (tertiary/aromatic N) is 2. The van der Waals surface area contributed by atoms with Crippen LogP contribution < -0.4 is 10.6 Å². The Morgan fingerprint density at radius 3 is 2.60 bits per heavy atom. The summed E-state index contributed by atoms with van der Waals surface area (Å²) in [7, 11) is 2.08. The van der Waals surface area contributed by atoms with E-state index < -0.39 is 0 Å². The summed E-state index contributed by atoms with van der Waals surface area (Å²) in [4.78, 5) is 16.5. The van der Waals surface area contributed by atoms with E-state index in [2.05, 4.69) is 16.8 Å². The summed E-state index contributed by atoms with van der Waals surface area (Å²) in [6.07, 6.45) is 0. The highest BCUT2D eigenvalue weighted by Crippen LogP contribution is 2.33. The highest BCUT2D eigenvalue weighted by Gasteiger charge is 2.24. The van der Waals surface area contributed by atoms with Gasteiger partial charge in [0.05, 0.1) is 22.9 Å². The average Bonchev–Trinajstić information content (AvgIpc) is 2.39. The molecule has 0 aromatic heterocycles. The topological polar surface area (TPSA) is 58.8 Å². The number of rotatable bonds is 3. The molecule has 0 bridgehead atoms. The van der Waals surface area contributed by atoms with E-state index in [1.165, 1.54) is 0 Å². The number of ether oxygens (including phenoxy) is 1. The molecular weight excluding hydrogens is 278 g/mol. The van der Waals surface area contributed by atoms with E-state index in [1.54, 1.807) is 19.1 Å². The molecule has 0 radical (unpaired) electrons. The van der Waals surface area contributed by atoms with Crippen LogP contribution in [0, 0.1) is 0 Å². The summed E-state index contributed by atoms with van der Waals surface area (Å²) < 4.78 is 5.10. The fourth-order valence-electron chi connectivity index (χ4n) is 2.34. The quantitative estimate of drug-likeness (QED) is 0.681. The lowest BCUT2D eigenvalue weighted by molar-refractivity contribution is 0.0527. The molecule has 5 nitrogen and oxygen atoms in total. The number of hydrogen-bond donors (Lipinski definition) is 1. The number of likely N-dealkylation sites (N-methyl/N-ethyl adjacent to an activating group) is 1. The third-order valence-corrected chi connectivity index (χ3v) is 3.69. The number of halogens is 1. The van der Waals surface area contributed by atoms with Crippen molar-refractivity contribution in [3.63, 3.8) is 0 Å². The lowest BCUT2D eigenvalue weighted by atomic mass is 10.1. The molecule has 20 heavy (non-hydrogen) atoms. The second kappa shape index (κ2) is 6.33. The van der Waals surface area contributed by atoms with E-state index in [1.807, 2.05) is 0 Å². The minimum absolute atomic E-state index is 0.327. The number of anilines is 2. The fraction of sp³-hybridized carbons (Fsp3) is 0.500. The van der Waals surface area contributed by atoms with Gasteiger partial charge in [-0.1, -0.05) is 11.6 Å². The zero-order valence-electron chi connectivity index (χ0n) is 11.9. The van der Waals surface area contributed by atoms with Crippen molar-refractivity contribution in [3.05, 3.63) is 22.7 Å². The number of hydrogen-bond acceptors (Lipinski definition) is 5. The maximum atomic E-state index is 12.1. The Kier molecular flexibility index (Phi) is 4.73. The minimum Gasteiger partial charge on any atom is -0.462 e. The van der Waals surface area contributed by atoms with Gasteiger partial charge in [-0.3, -0.25) is 0 Å². The third kappa shape index (κ3) is 3.16. The Morgan fingerprint density at radius 1 is 1.35 bits per heavy atom. The van der Waals surface area contributed by atoms with E-state index in [0.717, 1.165) is 31.9 Å². The fourth-order valence-corrected chi connectivity index (χ4v) is 2.68. The van der Waals surface area contributed by atoms with Gasteiger partial charge in [0.2, 0.25) is 0 Å². The first-order valence-corrected chi connectivity index (χ1v) is 7.10. The Labute approximate surface area is 124 Å². The van der Waals surface area contributed by atoms with Gasteiger partial charge in [0.25, 0.3) is 0 Å². The largest absolute Gasteiger partial charge is 0.462 e. The maximum Gasteiger partial charge on any atom is 0.340 e. The number of carbonyl (C=O) groups is 1. The van der Waals surface area contributed by atoms with Gasteiger partial charge in [-0.2, -0.15) is 0 Å². The second-order valence-corrected chi connectivity index (χ2v) is 5.32. The molecule has 1 aliphatic heterocycles. The van der Waals surface area contributed by atoms with Crippen LogP contribution in [0.5, 0.6) is 0 Å². The number of carbonyl (C=O) groups excluding carboxylic acids is 1. The highest BCUT2D eigenvalue weighted by molar-refractivity contribution is 6.34. The van der Waals surface area contributed by atoms with E-state index in [-0.39, 0.29) is 5.97 Å². The maximum absolute atomic E-state index is 12.1. The molecule has 1 heterocycles. The van der Waals surface area contributed by atoms with Crippen molar-refractivity contribution < 1.29 is 9.53 Å². The first kappa shape index (κ1) is 14.9. The molecule has 0 unspecified atom stereocenters. The van der Waals surface area contributed by atoms with Gasteiger partial charge in [0.15, 0.2) is 0 Å². The van der Waals surface area contributed by atoms with Crippen molar-refractivity contribution in [2.45, 2.75) is 6.92 Å². The van der Waals surface area contributed by atoms with Crippen molar-refractivity contribution in [3.8, 4) is 0 Å². The zero-order chi connectivity index (χ0) is 14.7. The summed E-state index contributed by atoms with van der Waals surface area (Å²) in [6.45, 7) is 5.62. The predicted molar refractivity (Wildman–Crippen MR) is 81.5 cm³/mol. The molecule has 0 spiro atoms. The van der Waals surface area contributed by atoms with E-state index >= 15 is 0 Å². The van der Waals surface area contributed by atoms with Gasteiger partial charge in [-0.15, -0.1) is 0 Å². The van der Waals surface area contributed by atoms with Gasteiger partial charge < -0.3 is 20.3 Å². The molecule has 0 saturated carbocycles. The standard InChI is InChI=1S/C14H20ClN3O2/c1-3-20-14(19)11-8-10(16)9-12(15)13(11)18-6-4-17(2)5-7-18/h8-9H,3-7,16H2,1-2H3. The summed E-state index contributed by atoms with van der Waals surface area (Å²) in [5, 5.41) is 0.498. The molecular formula is C14H20ClN3O2. The van der Waals surface area contributed by atoms with E-state index in [4.69, 9.17) is 22.1 Å². The Hall–Kier alpha value is -1.46. The van der Waals surface area contributed by atoms with Crippen LogP contribution in [-0.2, 0) is 4.74 Å². The molecule has 2 rings (SSSR count). The summed E-state index contributed by atoms with van der Waals surface area (Å²) in [5.74, 6) is -0.379. The summed E-state index contributed by atoms with van der Waals surface area (Å²) in [5.41, 5.74) is 7.44. The van der Waals surface area contributed by atoms with Crippen LogP contribution >= 0.6 is 11.6 Å². The minimum atomic E-state index is -0.379. The van der Waals surface area contributed by atoms with Gasteiger partial charge >= 0.3 is 5.97 Å².